The SMILES string of the molecule is CCCCCCCC/C=C\CCCCCC(CC([NH])=O)C(CCCCCCCCCCCCCCCC)C(O)O. The highest BCUT2D eigenvalue weighted by Gasteiger charge is 2.28. The van der Waals surface area contributed by atoms with Crippen molar-refractivity contribution in [1.82, 2.24) is 5.73 Å². The van der Waals surface area contributed by atoms with E-state index in [1.807, 2.05) is 0 Å². The molecule has 0 saturated carbocycles. The number of amides is 1. The molecule has 40 heavy (non-hydrogen) atoms. The lowest BCUT2D eigenvalue weighted by Crippen LogP contribution is -2.29. The van der Waals surface area contributed by atoms with Crippen LogP contribution in [0.5, 0.6) is 0 Å². The van der Waals surface area contributed by atoms with E-state index in [1.54, 1.807) is 0 Å². The van der Waals surface area contributed by atoms with Gasteiger partial charge in [0.1, 0.15) is 0 Å². The molecule has 0 aliphatic heterocycles. The molecule has 3 N–H and O–H groups in total. The van der Waals surface area contributed by atoms with Crippen LogP contribution in [0.1, 0.15) is 194 Å². The van der Waals surface area contributed by atoms with E-state index in [-0.39, 0.29) is 18.3 Å². The Bertz CT molecular complexity index is 548. The van der Waals surface area contributed by atoms with Gasteiger partial charge in [-0.3, -0.25) is 10.5 Å². The molecule has 1 radical (unpaired) electrons. The molecular weight excluding hydrogens is 494 g/mol. The fraction of sp³-hybridized carbons (Fsp3) is 0.917. The Morgan fingerprint density at radius 3 is 1.30 bits per heavy atom. The number of aliphatic hydroxyl groups excluding tert-OH is 1. The van der Waals surface area contributed by atoms with Crippen molar-refractivity contribution in [2.24, 2.45) is 11.8 Å². The van der Waals surface area contributed by atoms with Crippen LogP contribution in [-0.2, 0) is 4.79 Å². The molecule has 2 atom stereocenters. The fourth-order valence-corrected chi connectivity index (χ4v) is 6.03. The second-order valence-electron chi connectivity index (χ2n) is 12.5. The average Bonchev–Trinajstić information content (AvgIpc) is 2.92. The lowest BCUT2D eigenvalue weighted by atomic mass is 9.81. The first-order valence-corrected chi connectivity index (χ1v) is 17.8. The van der Waals surface area contributed by atoms with E-state index in [0.29, 0.717) is 0 Å². The van der Waals surface area contributed by atoms with Crippen molar-refractivity contribution in [1.29, 1.82) is 0 Å². The van der Waals surface area contributed by atoms with Crippen LogP contribution in [0.3, 0.4) is 0 Å². The number of nitrogens with one attached hydrogen (secondary N) is 1. The number of carbonyl (C=O) groups excluding carboxylic acids is 1. The van der Waals surface area contributed by atoms with Gasteiger partial charge in [-0.25, -0.2) is 0 Å². The highest BCUT2D eigenvalue weighted by molar-refractivity contribution is 5.73. The smallest absolute Gasteiger partial charge is 0.238 e. The fourth-order valence-electron chi connectivity index (χ4n) is 6.03. The molecule has 237 valence electrons. The summed E-state index contributed by atoms with van der Waals surface area (Å²) in [5, 5.41) is 20.2. The maximum Gasteiger partial charge on any atom is 0.238 e. The van der Waals surface area contributed by atoms with Gasteiger partial charge in [-0.05, 0) is 44.4 Å². The van der Waals surface area contributed by atoms with E-state index in [1.165, 1.54) is 122 Å². The predicted molar refractivity (Wildman–Crippen MR) is 173 cm³/mol. The third-order valence-electron chi connectivity index (χ3n) is 8.66. The third kappa shape index (κ3) is 27.3. The van der Waals surface area contributed by atoms with Crippen molar-refractivity contribution < 1.29 is 15.0 Å². The van der Waals surface area contributed by atoms with Crippen LogP contribution in [-0.4, -0.2) is 22.4 Å². The van der Waals surface area contributed by atoms with Gasteiger partial charge in [0.25, 0.3) is 0 Å². The summed E-state index contributed by atoms with van der Waals surface area (Å²) in [6.07, 6.45) is 36.8. The summed E-state index contributed by atoms with van der Waals surface area (Å²) < 4.78 is 0. The van der Waals surface area contributed by atoms with Crippen molar-refractivity contribution >= 4 is 5.91 Å². The first kappa shape index (κ1) is 39.1. The van der Waals surface area contributed by atoms with Gasteiger partial charge in [-0.15, -0.1) is 0 Å². The molecule has 0 heterocycles. The minimum Gasteiger partial charge on any atom is -0.368 e. The molecule has 0 aromatic carbocycles. The Labute approximate surface area is 250 Å². The van der Waals surface area contributed by atoms with Gasteiger partial charge in [0.05, 0.1) is 0 Å². The summed E-state index contributed by atoms with van der Waals surface area (Å²) in [5.41, 5.74) is 7.49. The normalized spacial score (nSPS) is 13.4. The maximum atomic E-state index is 11.6. The Kier molecular flexibility index (Phi) is 30.4. The zero-order valence-electron chi connectivity index (χ0n) is 27.0. The third-order valence-corrected chi connectivity index (χ3v) is 8.66. The molecule has 0 rings (SSSR count). The lowest BCUT2D eigenvalue weighted by molar-refractivity contribution is -0.125. The molecular formula is C36H70NO3. The van der Waals surface area contributed by atoms with Gasteiger partial charge in [0.2, 0.25) is 5.91 Å². The monoisotopic (exact) mass is 565 g/mol. The molecule has 0 bridgehead atoms. The topological polar surface area (TPSA) is 81.3 Å². The quantitative estimate of drug-likeness (QED) is 0.0484. The van der Waals surface area contributed by atoms with E-state index in [9.17, 15) is 15.0 Å². The minimum absolute atomic E-state index is 0.0878. The average molecular weight is 565 g/mol. The van der Waals surface area contributed by atoms with Crippen LogP contribution in [0.4, 0.5) is 0 Å². The van der Waals surface area contributed by atoms with Crippen LogP contribution in [0, 0.1) is 11.8 Å². The molecule has 0 aromatic heterocycles. The van der Waals surface area contributed by atoms with E-state index < -0.39 is 12.2 Å². The summed E-state index contributed by atoms with van der Waals surface area (Å²) >= 11 is 0. The summed E-state index contributed by atoms with van der Waals surface area (Å²) in [5.74, 6) is -0.951. The maximum absolute atomic E-state index is 11.6. The Hall–Kier alpha value is -0.870. The van der Waals surface area contributed by atoms with Crippen molar-refractivity contribution in [3.63, 3.8) is 0 Å². The summed E-state index contributed by atoms with van der Waals surface area (Å²) in [6, 6.07) is 0. The number of carbonyl (C=O) groups is 1. The van der Waals surface area contributed by atoms with Crippen LogP contribution < -0.4 is 5.73 Å². The molecule has 0 aromatic rings. The van der Waals surface area contributed by atoms with Crippen LogP contribution in [0.25, 0.3) is 0 Å². The van der Waals surface area contributed by atoms with Gasteiger partial charge in [-0.1, -0.05) is 161 Å². The van der Waals surface area contributed by atoms with E-state index in [2.05, 4.69) is 26.0 Å². The first-order valence-electron chi connectivity index (χ1n) is 17.8. The summed E-state index contributed by atoms with van der Waals surface area (Å²) in [6.45, 7) is 4.53. The Morgan fingerprint density at radius 2 is 0.900 bits per heavy atom. The van der Waals surface area contributed by atoms with E-state index >= 15 is 0 Å². The highest BCUT2D eigenvalue weighted by Crippen LogP contribution is 2.30. The predicted octanol–water partition coefficient (Wildman–Crippen LogP) is 10.9. The first-order chi connectivity index (χ1) is 19.5. The molecule has 0 saturated heterocycles. The van der Waals surface area contributed by atoms with Crippen molar-refractivity contribution in [2.75, 3.05) is 0 Å². The summed E-state index contributed by atoms with van der Waals surface area (Å²) in [7, 11) is 0. The molecule has 4 nitrogen and oxygen atoms in total. The lowest BCUT2D eigenvalue weighted by Gasteiger charge is -2.28. The highest BCUT2D eigenvalue weighted by atomic mass is 16.5. The van der Waals surface area contributed by atoms with Crippen molar-refractivity contribution in [2.45, 2.75) is 200 Å². The number of allylic oxidation sites excluding steroid dienone is 2. The van der Waals surface area contributed by atoms with Gasteiger partial charge >= 0.3 is 0 Å². The second kappa shape index (κ2) is 31.1. The molecule has 0 spiro atoms. The molecule has 0 aliphatic rings. The Balaban J connectivity index is 3.98. The number of rotatable bonds is 32. The summed E-state index contributed by atoms with van der Waals surface area (Å²) in [4.78, 5) is 11.6. The van der Waals surface area contributed by atoms with Crippen LogP contribution in [0.2, 0.25) is 0 Å². The minimum atomic E-state index is -1.39. The van der Waals surface area contributed by atoms with Gasteiger partial charge in [0.15, 0.2) is 6.29 Å². The van der Waals surface area contributed by atoms with Crippen molar-refractivity contribution in [3.8, 4) is 0 Å². The second-order valence-corrected chi connectivity index (χ2v) is 12.5. The van der Waals surface area contributed by atoms with E-state index in [0.717, 1.165) is 51.4 Å². The number of unbranched alkanes of at least 4 members (excludes halogenated alkanes) is 22. The van der Waals surface area contributed by atoms with Crippen LogP contribution >= 0.6 is 0 Å². The largest absolute Gasteiger partial charge is 0.368 e. The molecule has 2 unspecified atom stereocenters. The van der Waals surface area contributed by atoms with Crippen molar-refractivity contribution in [3.05, 3.63) is 12.2 Å². The van der Waals surface area contributed by atoms with Crippen LogP contribution in [0.15, 0.2) is 12.2 Å². The number of aliphatic hydroxyl groups is 2. The molecule has 0 aliphatic carbocycles. The molecule has 0 fully saturated rings. The zero-order valence-corrected chi connectivity index (χ0v) is 27.0. The standard InChI is InChI=1S/C36H70NO3/c1-3-5-7-9-11-13-15-17-19-21-23-25-27-29-31-34(36(39)40)33(32-35(37)38)30-28-26-24-22-20-18-16-14-12-10-8-6-4-2/h18,20,33-34,36-37,39-40H,3-17,19,21-32H2,1-2H3/b20-18-. The number of hydrogen-bond acceptors (Lipinski definition) is 3. The number of hydrogen-bond donors (Lipinski definition) is 2. The van der Waals surface area contributed by atoms with Gasteiger partial charge < -0.3 is 10.2 Å². The molecule has 1 amide bonds. The van der Waals surface area contributed by atoms with Gasteiger partial charge in [-0.2, -0.15) is 0 Å². The Morgan fingerprint density at radius 1 is 0.550 bits per heavy atom. The molecule has 4 heteroatoms. The zero-order chi connectivity index (χ0) is 29.5. The van der Waals surface area contributed by atoms with Gasteiger partial charge in [0, 0.05) is 12.3 Å². The van der Waals surface area contributed by atoms with E-state index in [4.69, 9.17) is 5.73 Å².